The largest absolute Gasteiger partial charge is 0.398 e. The van der Waals surface area contributed by atoms with Crippen molar-refractivity contribution in [2.75, 3.05) is 5.73 Å². The maximum atomic E-state index is 6.07. The van der Waals surface area contributed by atoms with Crippen LogP contribution in [0.3, 0.4) is 0 Å². The zero-order chi connectivity index (χ0) is 13.1. The van der Waals surface area contributed by atoms with E-state index in [0.29, 0.717) is 0 Å². The summed E-state index contributed by atoms with van der Waals surface area (Å²) in [6, 6.07) is 9.97. The third-order valence-corrected chi connectivity index (χ3v) is 3.21. The van der Waals surface area contributed by atoms with E-state index in [2.05, 4.69) is 14.5 Å². The molecule has 0 unspecified atom stereocenters. The topological polar surface area (TPSA) is 56.7 Å². The molecule has 0 aliphatic heterocycles. The first-order valence-electron chi connectivity index (χ1n) is 6.43. The van der Waals surface area contributed by atoms with Crippen LogP contribution in [0.15, 0.2) is 49.1 Å². The molecule has 19 heavy (non-hydrogen) atoms. The molecule has 3 aromatic rings. The van der Waals surface area contributed by atoms with Crippen LogP contribution in [-0.4, -0.2) is 14.5 Å². The van der Waals surface area contributed by atoms with Crippen LogP contribution in [-0.2, 0) is 13.0 Å². The predicted molar refractivity (Wildman–Crippen MR) is 76.7 cm³/mol. The molecule has 0 aliphatic rings. The number of nitrogen functional groups attached to an aromatic ring is 1. The summed E-state index contributed by atoms with van der Waals surface area (Å²) in [6.45, 7) is 0.953. The quantitative estimate of drug-likeness (QED) is 0.776. The summed E-state index contributed by atoms with van der Waals surface area (Å²) in [5.74, 6) is 0. The van der Waals surface area contributed by atoms with E-state index in [9.17, 15) is 0 Å². The van der Waals surface area contributed by atoms with Gasteiger partial charge in [-0.1, -0.05) is 18.2 Å². The van der Waals surface area contributed by atoms with E-state index in [1.54, 1.807) is 6.20 Å². The fraction of sp³-hybridized carbons (Fsp3) is 0.200. The number of nitrogens with zero attached hydrogens (tertiary/aromatic N) is 3. The minimum absolute atomic E-state index is 0.809. The predicted octanol–water partition coefficient (Wildman–Crippen LogP) is 2.65. The van der Waals surface area contributed by atoms with Gasteiger partial charge in [-0.25, -0.2) is 4.98 Å². The normalized spacial score (nSPS) is 10.9. The molecule has 0 aliphatic carbocycles. The second-order valence-corrected chi connectivity index (χ2v) is 4.62. The van der Waals surface area contributed by atoms with Crippen molar-refractivity contribution < 1.29 is 0 Å². The van der Waals surface area contributed by atoms with Gasteiger partial charge in [0, 0.05) is 35.7 Å². The van der Waals surface area contributed by atoms with E-state index in [1.807, 2.05) is 42.9 Å². The Hall–Kier alpha value is -2.36. The second kappa shape index (κ2) is 5.10. The number of hydrogen-bond donors (Lipinski definition) is 1. The van der Waals surface area contributed by atoms with Crippen molar-refractivity contribution in [2.24, 2.45) is 0 Å². The lowest BCUT2D eigenvalue weighted by Crippen LogP contribution is -2.00. The van der Waals surface area contributed by atoms with Gasteiger partial charge in [0.2, 0.25) is 0 Å². The molecule has 0 spiro atoms. The number of hydrogen-bond acceptors (Lipinski definition) is 3. The number of aromatic nitrogens is 3. The lowest BCUT2D eigenvalue weighted by Gasteiger charge is -2.06. The number of para-hydroxylation sites is 1. The summed E-state index contributed by atoms with van der Waals surface area (Å²) in [5.41, 5.74) is 8.90. The van der Waals surface area contributed by atoms with Crippen molar-refractivity contribution in [3.63, 3.8) is 0 Å². The van der Waals surface area contributed by atoms with E-state index in [-0.39, 0.29) is 0 Å². The highest BCUT2D eigenvalue weighted by atomic mass is 15.0. The fourth-order valence-corrected chi connectivity index (χ4v) is 2.25. The Labute approximate surface area is 111 Å². The van der Waals surface area contributed by atoms with E-state index < -0.39 is 0 Å². The molecule has 2 aromatic heterocycles. The zero-order valence-corrected chi connectivity index (χ0v) is 10.7. The third kappa shape index (κ3) is 2.57. The highest BCUT2D eigenvalue weighted by Gasteiger charge is 2.03. The SMILES string of the molecule is Nc1cc(CCCn2ccnc2)nc2ccccc12. The van der Waals surface area contributed by atoms with Gasteiger partial charge in [-0.15, -0.1) is 0 Å². The Morgan fingerprint density at radius 1 is 1.21 bits per heavy atom. The molecule has 0 amide bonds. The van der Waals surface area contributed by atoms with Crippen LogP contribution in [0.25, 0.3) is 10.9 Å². The summed E-state index contributed by atoms with van der Waals surface area (Å²) >= 11 is 0. The highest BCUT2D eigenvalue weighted by molar-refractivity contribution is 5.90. The van der Waals surface area contributed by atoms with Gasteiger partial charge in [0.15, 0.2) is 0 Å². The summed E-state index contributed by atoms with van der Waals surface area (Å²) in [6.07, 6.45) is 7.56. The summed E-state index contributed by atoms with van der Waals surface area (Å²) < 4.78 is 2.07. The molecule has 0 fully saturated rings. The van der Waals surface area contributed by atoms with Crippen LogP contribution >= 0.6 is 0 Å². The number of rotatable bonds is 4. The molecule has 0 atom stereocenters. The third-order valence-electron chi connectivity index (χ3n) is 3.21. The first-order valence-corrected chi connectivity index (χ1v) is 6.43. The fourth-order valence-electron chi connectivity index (χ4n) is 2.25. The minimum Gasteiger partial charge on any atom is -0.398 e. The Balaban J connectivity index is 1.74. The van der Waals surface area contributed by atoms with Gasteiger partial charge >= 0.3 is 0 Å². The average molecular weight is 252 g/mol. The molecule has 4 nitrogen and oxygen atoms in total. The highest BCUT2D eigenvalue weighted by Crippen LogP contribution is 2.20. The molecule has 96 valence electrons. The maximum Gasteiger partial charge on any atom is 0.0945 e. The van der Waals surface area contributed by atoms with Crippen molar-refractivity contribution >= 4 is 16.6 Å². The molecule has 0 bridgehead atoms. The van der Waals surface area contributed by atoms with E-state index in [0.717, 1.165) is 41.7 Å². The van der Waals surface area contributed by atoms with Crippen LogP contribution in [0.5, 0.6) is 0 Å². The second-order valence-electron chi connectivity index (χ2n) is 4.62. The van der Waals surface area contributed by atoms with Crippen molar-refractivity contribution in [2.45, 2.75) is 19.4 Å². The molecule has 0 saturated heterocycles. The summed E-state index contributed by atoms with van der Waals surface area (Å²) in [7, 11) is 0. The minimum atomic E-state index is 0.809. The number of anilines is 1. The number of nitrogens with two attached hydrogens (primary N) is 1. The molecule has 1 aromatic carbocycles. The van der Waals surface area contributed by atoms with Crippen molar-refractivity contribution in [3.05, 3.63) is 54.7 Å². The van der Waals surface area contributed by atoms with Crippen LogP contribution in [0, 0.1) is 0 Å². The number of imidazole rings is 1. The van der Waals surface area contributed by atoms with Gasteiger partial charge in [0.1, 0.15) is 0 Å². The Kier molecular flexibility index (Phi) is 3.14. The molecule has 2 heterocycles. The first kappa shape index (κ1) is 11.7. The number of aryl methyl sites for hydroxylation is 2. The molecular formula is C15H16N4. The maximum absolute atomic E-state index is 6.07. The summed E-state index contributed by atoms with van der Waals surface area (Å²) in [4.78, 5) is 8.68. The first-order chi connectivity index (χ1) is 9.33. The van der Waals surface area contributed by atoms with Gasteiger partial charge in [0.05, 0.1) is 11.8 Å². The van der Waals surface area contributed by atoms with Gasteiger partial charge < -0.3 is 10.3 Å². The molecule has 0 saturated carbocycles. The van der Waals surface area contributed by atoms with E-state index in [4.69, 9.17) is 5.73 Å². The van der Waals surface area contributed by atoms with Crippen LogP contribution in [0.2, 0.25) is 0 Å². The monoisotopic (exact) mass is 252 g/mol. The van der Waals surface area contributed by atoms with Crippen LogP contribution in [0.4, 0.5) is 5.69 Å². The molecule has 0 radical (unpaired) electrons. The van der Waals surface area contributed by atoms with Crippen LogP contribution in [0.1, 0.15) is 12.1 Å². The standard InChI is InChI=1S/C15H16N4/c16-14-10-12(4-3-8-19-9-7-17-11-19)18-15-6-2-1-5-13(14)15/h1-2,5-7,9-11H,3-4,8H2,(H2,16,18). The molecule has 4 heteroatoms. The van der Waals surface area contributed by atoms with Crippen LogP contribution < -0.4 is 5.73 Å². The molecule has 2 N–H and O–H groups in total. The Bertz CT molecular complexity index is 674. The van der Waals surface area contributed by atoms with Gasteiger partial charge in [-0.3, -0.25) is 4.98 Å². The number of fused-ring (bicyclic) bond motifs is 1. The Morgan fingerprint density at radius 3 is 2.95 bits per heavy atom. The lowest BCUT2D eigenvalue weighted by molar-refractivity contribution is 0.637. The average Bonchev–Trinajstić information content (AvgIpc) is 2.92. The Morgan fingerprint density at radius 2 is 2.11 bits per heavy atom. The van der Waals surface area contributed by atoms with Gasteiger partial charge in [-0.2, -0.15) is 0 Å². The number of pyridine rings is 1. The molecule has 3 rings (SSSR count). The van der Waals surface area contributed by atoms with Crippen molar-refractivity contribution in [1.29, 1.82) is 0 Å². The van der Waals surface area contributed by atoms with Gasteiger partial charge in [0.25, 0.3) is 0 Å². The summed E-state index contributed by atoms with van der Waals surface area (Å²) in [5, 5.41) is 1.03. The molecular weight excluding hydrogens is 236 g/mol. The van der Waals surface area contributed by atoms with E-state index in [1.165, 1.54) is 0 Å². The smallest absolute Gasteiger partial charge is 0.0945 e. The number of benzene rings is 1. The van der Waals surface area contributed by atoms with Crippen molar-refractivity contribution in [3.8, 4) is 0 Å². The van der Waals surface area contributed by atoms with E-state index >= 15 is 0 Å². The van der Waals surface area contributed by atoms with Gasteiger partial charge in [-0.05, 0) is 25.0 Å². The van der Waals surface area contributed by atoms with Crippen molar-refractivity contribution in [1.82, 2.24) is 14.5 Å². The lowest BCUT2D eigenvalue weighted by atomic mass is 10.1. The zero-order valence-electron chi connectivity index (χ0n) is 10.7.